The molecule has 3 N–H and O–H groups in total. The Balaban J connectivity index is 2.37. The molecule has 1 heterocycles. The highest BCUT2D eigenvalue weighted by Crippen LogP contribution is 2.36. The van der Waals surface area contributed by atoms with Crippen LogP contribution in [0.1, 0.15) is 12.0 Å². The molecule has 98 valence electrons. The zero-order valence-electron chi connectivity index (χ0n) is 9.42. The van der Waals surface area contributed by atoms with Gasteiger partial charge >= 0.3 is 12.2 Å². The van der Waals surface area contributed by atoms with Gasteiger partial charge in [0.2, 0.25) is 0 Å². The zero-order chi connectivity index (χ0) is 13.3. The van der Waals surface area contributed by atoms with Crippen molar-refractivity contribution in [1.29, 1.82) is 0 Å². The molecule has 2 rings (SSSR count). The van der Waals surface area contributed by atoms with Crippen molar-refractivity contribution in [2.24, 2.45) is 0 Å². The minimum atomic E-state index is -4.52. The van der Waals surface area contributed by atoms with Gasteiger partial charge in [-0.05, 0) is 24.6 Å². The lowest BCUT2D eigenvalue weighted by Crippen LogP contribution is -2.46. The third-order valence-corrected chi connectivity index (χ3v) is 2.73. The molecule has 0 spiro atoms. The SMILES string of the molecule is Nc1ccc(N2CCCNC2=O)cc1C(F)(F)F. The van der Waals surface area contributed by atoms with Crippen molar-refractivity contribution in [1.82, 2.24) is 5.32 Å². The summed E-state index contributed by atoms with van der Waals surface area (Å²) >= 11 is 0. The molecule has 0 aromatic heterocycles. The van der Waals surface area contributed by atoms with Gasteiger partial charge in [-0.2, -0.15) is 13.2 Å². The second kappa shape index (κ2) is 4.40. The van der Waals surface area contributed by atoms with Gasteiger partial charge in [0.25, 0.3) is 0 Å². The Labute approximate surface area is 102 Å². The first-order valence-electron chi connectivity index (χ1n) is 5.41. The van der Waals surface area contributed by atoms with Crippen molar-refractivity contribution in [2.45, 2.75) is 12.6 Å². The molecule has 18 heavy (non-hydrogen) atoms. The quantitative estimate of drug-likeness (QED) is 0.760. The molecule has 1 aromatic rings. The first-order valence-corrected chi connectivity index (χ1v) is 5.41. The highest BCUT2D eigenvalue weighted by atomic mass is 19.4. The van der Waals surface area contributed by atoms with E-state index in [0.29, 0.717) is 19.5 Å². The fourth-order valence-electron chi connectivity index (χ4n) is 1.83. The Hall–Kier alpha value is -1.92. The summed E-state index contributed by atoms with van der Waals surface area (Å²) in [6, 6.07) is 3.09. The first kappa shape index (κ1) is 12.5. The highest BCUT2D eigenvalue weighted by molar-refractivity contribution is 5.93. The summed E-state index contributed by atoms with van der Waals surface area (Å²) in [4.78, 5) is 12.8. The maximum atomic E-state index is 12.7. The number of rotatable bonds is 1. The molecule has 1 aliphatic rings. The van der Waals surface area contributed by atoms with Crippen molar-refractivity contribution in [2.75, 3.05) is 23.7 Å². The van der Waals surface area contributed by atoms with Crippen LogP contribution in [-0.4, -0.2) is 19.1 Å². The fourth-order valence-corrected chi connectivity index (χ4v) is 1.83. The molecule has 1 aliphatic heterocycles. The second-order valence-corrected chi connectivity index (χ2v) is 4.01. The van der Waals surface area contributed by atoms with Crippen molar-refractivity contribution in [3.05, 3.63) is 23.8 Å². The first-order chi connectivity index (χ1) is 8.39. The molecule has 0 aliphatic carbocycles. The number of carbonyl (C=O) groups is 1. The number of halogens is 3. The van der Waals surface area contributed by atoms with Gasteiger partial charge in [0, 0.05) is 24.5 Å². The predicted octanol–water partition coefficient (Wildman–Crippen LogP) is 2.21. The maximum absolute atomic E-state index is 12.7. The molecule has 0 atom stereocenters. The third kappa shape index (κ3) is 2.34. The van der Waals surface area contributed by atoms with Gasteiger partial charge in [0.1, 0.15) is 0 Å². The lowest BCUT2D eigenvalue weighted by molar-refractivity contribution is -0.136. The number of benzene rings is 1. The van der Waals surface area contributed by atoms with Crippen LogP contribution in [0.15, 0.2) is 18.2 Å². The van der Waals surface area contributed by atoms with E-state index in [1.807, 2.05) is 0 Å². The number of hydrogen-bond acceptors (Lipinski definition) is 2. The lowest BCUT2D eigenvalue weighted by Gasteiger charge is -2.28. The maximum Gasteiger partial charge on any atom is 0.418 e. The molecule has 0 bridgehead atoms. The summed E-state index contributed by atoms with van der Waals surface area (Å²) in [7, 11) is 0. The Kier molecular flexibility index (Phi) is 3.06. The fraction of sp³-hybridized carbons (Fsp3) is 0.364. The summed E-state index contributed by atoms with van der Waals surface area (Å²) in [5.41, 5.74) is 4.24. The molecule has 4 nitrogen and oxygen atoms in total. The minimum absolute atomic E-state index is 0.203. The van der Waals surface area contributed by atoms with Crippen LogP contribution in [0.4, 0.5) is 29.3 Å². The van der Waals surface area contributed by atoms with Gasteiger partial charge in [0.15, 0.2) is 0 Å². The summed E-state index contributed by atoms with van der Waals surface area (Å²) in [6.07, 6.45) is -3.83. The van der Waals surface area contributed by atoms with Crippen molar-refractivity contribution in [3.63, 3.8) is 0 Å². The Morgan fingerprint density at radius 2 is 2.06 bits per heavy atom. The monoisotopic (exact) mass is 259 g/mol. The lowest BCUT2D eigenvalue weighted by atomic mass is 10.1. The van der Waals surface area contributed by atoms with Gasteiger partial charge in [-0.3, -0.25) is 4.90 Å². The van der Waals surface area contributed by atoms with Crippen LogP contribution in [0.2, 0.25) is 0 Å². The van der Waals surface area contributed by atoms with Crippen molar-refractivity contribution in [3.8, 4) is 0 Å². The van der Waals surface area contributed by atoms with E-state index >= 15 is 0 Å². The number of anilines is 2. The van der Waals surface area contributed by atoms with Crippen LogP contribution in [0, 0.1) is 0 Å². The average Bonchev–Trinajstić information content (AvgIpc) is 2.29. The summed E-state index contributed by atoms with van der Waals surface area (Å²) in [6.45, 7) is 0.934. The van der Waals surface area contributed by atoms with E-state index in [1.54, 1.807) is 0 Å². The number of nitrogens with one attached hydrogen (secondary N) is 1. The van der Waals surface area contributed by atoms with E-state index in [1.165, 1.54) is 17.0 Å². The number of urea groups is 1. The predicted molar refractivity (Wildman–Crippen MR) is 61.2 cm³/mol. The Morgan fingerprint density at radius 1 is 1.33 bits per heavy atom. The van der Waals surface area contributed by atoms with E-state index in [9.17, 15) is 18.0 Å². The van der Waals surface area contributed by atoms with Gasteiger partial charge in [-0.1, -0.05) is 0 Å². The molecule has 1 fully saturated rings. The van der Waals surface area contributed by atoms with Crippen LogP contribution in [0.25, 0.3) is 0 Å². The van der Waals surface area contributed by atoms with Gasteiger partial charge in [-0.25, -0.2) is 4.79 Å². The number of hydrogen-bond donors (Lipinski definition) is 2. The second-order valence-electron chi connectivity index (χ2n) is 4.01. The average molecular weight is 259 g/mol. The third-order valence-electron chi connectivity index (χ3n) is 2.73. The molecule has 7 heteroatoms. The molecule has 1 saturated heterocycles. The van der Waals surface area contributed by atoms with E-state index in [4.69, 9.17) is 5.73 Å². The van der Waals surface area contributed by atoms with Crippen LogP contribution in [-0.2, 0) is 6.18 Å². The molecule has 0 saturated carbocycles. The van der Waals surface area contributed by atoms with E-state index in [0.717, 1.165) is 6.07 Å². The number of nitrogens with two attached hydrogens (primary N) is 1. The molecule has 2 amide bonds. The smallest absolute Gasteiger partial charge is 0.398 e. The number of amides is 2. The topological polar surface area (TPSA) is 58.4 Å². The molecule has 0 radical (unpaired) electrons. The number of nitrogens with zero attached hydrogens (tertiary/aromatic N) is 1. The van der Waals surface area contributed by atoms with E-state index in [-0.39, 0.29) is 17.4 Å². The standard InChI is InChI=1S/C11H12F3N3O/c12-11(13,14)8-6-7(2-3-9(8)15)17-5-1-4-16-10(17)18/h2-3,6H,1,4-5,15H2,(H,16,18). The summed E-state index contributed by atoms with van der Waals surface area (Å²) in [5, 5.41) is 2.58. The van der Waals surface area contributed by atoms with Gasteiger partial charge in [0.05, 0.1) is 5.56 Å². The summed E-state index contributed by atoms with van der Waals surface area (Å²) < 4.78 is 38.1. The molecular formula is C11H12F3N3O. The van der Waals surface area contributed by atoms with E-state index < -0.39 is 11.7 Å². The minimum Gasteiger partial charge on any atom is -0.398 e. The molecule has 1 aromatic carbocycles. The molecular weight excluding hydrogens is 247 g/mol. The van der Waals surface area contributed by atoms with Crippen LogP contribution in [0.5, 0.6) is 0 Å². The molecule has 0 unspecified atom stereocenters. The Bertz CT molecular complexity index is 473. The normalized spacial score (nSPS) is 16.6. The number of alkyl halides is 3. The summed E-state index contributed by atoms with van der Waals surface area (Å²) in [5.74, 6) is 0. The van der Waals surface area contributed by atoms with Crippen LogP contribution >= 0.6 is 0 Å². The Morgan fingerprint density at radius 3 is 2.67 bits per heavy atom. The van der Waals surface area contributed by atoms with Crippen molar-refractivity contribution >= 4 is 17.4 Å². The zero-order valence-corrected chi connectivity index (χ0v) is 9.42. The van der Waals surface area contributed by atoms with Gasteiger partial charge < -0.3 is 11.1 Å². The van der Waals surface area contributed by atoms with Crippen LogP contribution in [0.3, 0.4) is 0 Å². The largest absolute Gasteiger partial charge is 0.418 e. The van der Waals surface area contributed by atoms with Gasteiger partial charge in [-0.15, -0.1) is 0 Å². The van der Waals surface area contributed by atoms with Crippen LogP contribution < -0.4 is 16.0 Å². The van der Waals surface area contributed by atoms with Crippen molar-refractivity contribution < 1.29 is 18.0 Å². The van der Waals surface area contributed by atoms with E-state index in [2.05, 4.69) is 5.32 Å². The number of carbonyl (C=O) groups excluding carboxylic acids is 1. The number of nitrogen functional groups attached to an aromatic ring is 1. The highest BCUT2D eigenvalue weighted by Gasteiger charge is 2.34.